The number of ketones is 2. The lowest BCUT2D eigenvalue weighted by Crippen LogP contribution is -2.50. The summed E-state index contributed by atoms with van der Waals surface area (Å²) >= 11 is 0. The van der Waals surface area contributed by atoms with E-state index < -0.39 is 0 Å². The summed E-state index contributed by atoms with van der Waals surface area (Å²) in [6, 6.07) is 0. The van der Waals surface area contributed by atoms with E-state index in [9.17, 15) is 9.59 Å². The zero-order chi connectivity index (χ0) is 17.1. The Balaban J connectivity index is 0.00000121. The topological polar surface area (TPSA) is 34.1 Å². The number of fused-ring (bicyclic) bond motifs is 5. The van der Waals surface area contributed by atoms with Crippen LogP contribution in [0.25, 0.3) is 0 Å². The van der Waals surface area contributed by atoms with E-state index in [1.54, 1.807) is 6.08 Å². The van der Waals surface area contributed by atoms with Crippen LogP contribution in [-0.2, 0) is 9.59 Å². The Labute approximate surface area is 170 Å². The number of carbonyl (C=O) groups is 2. The van der Waals surface area contributed by atoms with Gasteiger partial charge >= 0.3 is 0 Å². The summed E-state index contributed by atoms with van der Waals surface area (Å²) in [7, 11) is 0. The highest BCUT2D eigenvalue weighted by Crippen LogP contribution is 2.66. The van der Waals surface area contributed by atoms with Gasteiger partial charge in [0.05, 0.1) is 0 Å². The van der Waals surface area contributed by atoms with Gasteiger partial charge in [0.15, 0.2) is 5.78 Å². The van der Waals surface area contributed by atoms with Crippen LogP contribution < -0.4 is 0 Å². The van der Waals surface area contributed by atoms with E-state index in [1.807, 2.05) is 13.0 Å². The first-order valence-corrected chi connectivity index (χ1v) is 9.87. The smallest absolute Gasteiger partial charge is 0.178 e. The average Bonchev–Trinajstić information content (AvgIpc) is 2.92. The Morgan fingerprint density at radius 2 is 1.85 bits per heavy atom. The van der Waals surface area contributed by atoms with E-state index >= 15 is 0 Å². The summed E-state index contributed by atoms with van der Waals surface area (Å²) < 4.78 is 0. The standard InChI is InChI=1S/C22H30O2.2ClH/c1-4-20(24)19-8-7-17-16-6-5-14-13-15(23)9-11-21(14,2)18(16)10-12-22(17,19)3;;/h9,11,13,16-19H,4-8,10,12H2,1-3H3;2*1H/t16-,17-,18-,19+,21-,22-;;/m0../s1. The molecule has 146 valence electrons. The molecular weight excluding hydrogens is 367 g/mol. The third-order valence-electron chi connectivity index (χ3n) is 8.29. The van der Waals surface area contributed by atoms with Crippen LogP contribution >= 0.6 is 24.8 Å². The molecule has 0 spiro atoms. The van der Waals surface area contributed by atoms with Crippen LogP contribution in [-0.4, -0.2) is 11.6 Å². The first-order valence-electron chi connectivity index (χ1n) is 9.87. The lowest BCUT2D eigenvalue weighted by atomic mass is 9.47. The van der Waals surface area contributed by atoms with Gasteiger partial charge in [-0.15, -0.1) is 24.8 Å². The van der Waals surface area contributed by atoms with Crippen LogP contribution in [0.5, 0.6) is 0 Å². The Kier molecular flexibility index (Phi) is 6.20. The fourth-order valence-corrected chi connectivity index (χ4v) is 6.97. The monoisotopic (exact) mass is 398 g/mol. The van der Waals surface area contributed by atoms with Crippen molar-refractivity contribution in [3.8, 4) is 0 Å². The maximum absolute atomic E-state index is 12.5. The molecule has 0 radical (unpaired) electrons. The summed E-state index contributed by atoms with van der Waals surface area (Å²) in [5.74, 6) is 3.01. The summed E-state index contributed by atoms with van der Waals surface area (Å²) in [5, 5.41) is 0. The van der Waals surface area contributed by atoms with Crippen molar-refractivity contribution in [3.05, 3.63) is 23.8 Å². The van der Waals surface area contributed by atoms with Crippen molar-refractivity contribution in [2.45, 2.75) is 65.7 Å². The van der Waals surface area contributed by atoms with Gasteiger partial charge in [-0.3, -0.25) is 9.59 Å². The van der Waals surface area contributed by atoms with Crippen LogP contribution in [0.15, 0.2) is 23.8 Å². The molecule has 4 rings (SSSR count). The van der Waals surface area contributed by atoms with Crippen molar-refractivity contribution in [2.75, 3.05) is 0 Å². The zero-order valence-corrected chi connectivity index (χ0v) is 17.8. The van der Waals surface area contributed by atoms with Crippen molar-refractivity contribution < 1.29 is 9.59 Å². The highest BCUT2D eigenvalue weighted by atomic mass is 35.5. The second kappa shape index (κ2) is 7.43. The lowest BCUT2D eigenvalue weighted by Gasteiger charge is -2.57. The summed E-state index contributed by atoms with van der Waals surface area (Å²) in [6.45, 7) is 6.78. The van der Waals surface area contributed by atoms with Crippen molar-refractivity contribution in [2.24, 2.45) is 34.5 Å². The normalized spacial score (nSPS) is 43.2. The van der Waals surface area contributed by atoms with E-state index in [0.717, 1.165) is 18.8 Å². The van der Waals surface area contributed by atoms with Crippen molar-refractivity contribution in [3.63, 3.8) is 0 Å². The third kappa shape index (κ3) is 2.92. The highest BCUT2D eigenvalue weighted by Gasteiger charge is 2.59. The van der Waals surface area contributed by atoms with Crippen LogP contribution in [0.2, 0.25) is 0 Å². The number of hydrogen-bond donors (Lipinski definition) is 0. The van der Waals surface area contributed by atoms with Crippen LogP contribution in [0, 0.1) is 34.5 Å². The van der Waals surface area contributed by atoms with Gasteiger partial charge in [-0.25, -0.2) is 0 Å². The lowest BCUT2D eigenvalue weighted by molar-refractivity contribution is -0.129. The molecule has 4 aliphatic carbocycles. The molecular formula is C22H32Cl2O2. The minimum Gasteiger partial charge on any atom is -0.299 e. The number of halogens is 2. The Morgan fingerprint density at radius 3 is 2.54 bits per heavy atom. The van der Waals surface area contributed by atoms with E-state index in [2.05, 4.69) is 19.9 Å². The summed E-state index contributed by atoms with van der Waals surface area (Å²) in [5.41, 5.74) is 1.66. The number of carbonyl (C=O) groups excluding carboxylic acids is 2. The predicted molar refractivity (Wildman–Crippen MR) is 110 cm³/mol. The molecule has 0 saturated heterocycles. The highest BCUT2D eigenvalue weighted by molar-refractivity contribution is 6.01. The number of Topliss-reactive ketones (excluding diaryl/α,β-unsaturated/α-hetero) is 1. The molecule has 3 saturated carbocycles. The Morgan fingerprint density at radius 1 is 1.12 bits per heavy atom. The van der Waals surface area contributed by atoms with Crippen LogP contribution in [0.3, 0.4) is 0 Å². The molecule has 0 aromatic heterocycles. The molecule has 0 aromatic carbocycles. The van der Waals surface area contributed by atoms with Gasteiger partial charge in [-0.05, 0) is 73.8 Å². The largest absolute Gasteiger partial charge is 0.299 e. The zero-order valence-electron chi connectivity index (χ0n) is 16.1. The maximum Gasteiger partial charge on any atom is 0.178 e. The van der Waals surface area contributed by atoms with E-state index in [4.69, 9.17) is 0 Å². The predicted octanol–water partition coefficient (Wildman–Crippen LogP) is 5.73. The molecule has 2 nitrogen and oxygen atoms in total. The second-order valence-corrected chi connectivity index (χ2v) is 9.10. The SMILES string of the molecule is CCC(=O)[C@H]1CC[C@H]2[C@@H]3CCC4=CC(=O)C=C[C@]4(C)[C@H]3CC[C@]12C.Cl.Cl. The summed E-state index contributed by atoms with van der Waals surface area (Å²) in [6.07, 6.45) is 13.6. The van der Waals surface area contributed by atoms with Crippen molar-refractivity contribution >= 4 is 36.4 Å². The van der Waals surface area contributed by atoms with E-state index in [-0.39, 0.29) is 41.4 Å². The van der Waals surface area contributed by atoms with Crippen molar-refractivity contribution in [1.29, 1.82) is 0 Å². The molecule has 0 heterocycles. The maximum atomic E-state index is 12.5. The third-order valence-corrected chi connectivity index (χ3v) is 8.29. The molecule has 0 amide bonds. The fourth-order valence-electron chi connectivity index (χ4n) is 6.97. The van der Waals surface area contributed by atoms with Gasteiger partial charge in [0.2, 0.25) is 0 Å². The molecule has 4 aliphatic rings. The molecule has 6 atom stereocenters. The van der Waals surface area contributed by atoms with E-state index in [1.165, 1.54) is 31.3 Å². The summed E-state index contributed by atoms with van der Waals surface area (Å²) in [4.78, 5) is 24.3. The molecule has 0 aliphatic heterocycles. The number of allylic oxidation sites excluding steroid dienone is 4. The molecule has 3 fully saturated rings. The molecule has 0 bridgehead atoms. The van der Waals surface area contributed by atoms with Gasteiger partial charge < -0.3 is 0 Å². The van der Waals surface area contributed by atoms with Crippen LogP contribution in [0.4, 0.5) is 0 Å². The average molecular weight is 399 g/mol. The van der Waals surface area contributed by atoms with Gasteiger partial charge in [0.25, 0.3) is 0 Å². The minimum absolute atomic E-state index is 0. The molecule has 26 heavy (non-hydrogen) atoms. The first-order chi connectivity index (χ1) is 11.4. The quantitative estimate of drug-likeness (QED) is 0.594. The molecule has 4 heteroatoms. The first kappa shape index (κ1) is 21.7. The van der Waals surface area contributed by atoms with Gasteiger partial charge in [0.1, 0.15) is 5.78 Å². The van der Waals surface area contributed by atoms with Gasteiger partial charge in [0, 0.05) is 17.8 Å². The van der Waals surface area contributed by atoms with Gasteiger partial charge in [-0.2, -0.15) is 0 Å². The van der Waals surface area contributed by atoms with Gasteiger partial charge in [-0.1, -0.05) is 32.4 Å². The minimum atomic E-state index is 0. The van der Waals surface area contributed by atoms with Crippen LogP contribution in [0.1, 0.15) is 65.7 Å². The Bertz CT molecular complexity index is 653. The van der Waals surface area contributed by atoms with E-state index in [0.29, 0.717) is 30.0 Å². The number of rotatable bonds is 2. The molecule has 0 aromatic rings. The Hall–Kier alpha value is -0.600. The fraction of sp³-hybridized carbons (Fsp3) is 0.727. The molecule has 0 unspecified atom stereocenters. The van der Waals surface area contributed by atoms with Crippen molar-refractivity contribution in [1.82, 2.24) is 0 Å². The second-order valence-electron chi connectivity index (χ2n) is 9.10. The number of hydrogen-bond acceptors (Lipinski definition) is 2. The molecule has 0 N–H and O–H groups in total.